The number of anilines is 1. The van der Waals surface area contributed by atoms with E-state index in [0.717, 1.165) is 10.8 Å². The number of aliphatic hydroxyl groups excluding tert-OH is 1. The average molecular weight is 521 g/mol. The van der Waals surface area contributed by atoms with Crippen molar-refractivity contribution in [2.24, 2.45) is 17.8 Å². The smallest absolute Gasteiger partial charge is 0.312 e. The fourth-order valence-corrected chi connectivity index (χ4v) is 7.03. The fourth-order valence-electron chi connectivity index (χ4n) is 7.03. The van der Waals surface area contributed by atoms with Crippen molar-refractivity contribution in [3.8, 4) is 0 Å². The molecular weight excluding hydrogens is 484 g/mol. The predicted octanol–water partition coefficient (Wildman–Crippen LogP) is 3.32. The monoisotopic (exact) mass is 520 g/mol. The molecule has 3 aliphatic rings. The Morgan fingerprint density at radius 1 is 1.26 bits per heavy atom. The quantitative estimate of drug-likeness (QED) is 0.403. The zero-order chi connectivity index (χ0) is 27.2. The first-order valence-corrected chi connectivity index (χ1v) is 13.4. The number of amides is 2. The van der Waals surface area contributed by atoms with E-state index in [1.165, 1.54) is 4.90 Å². The number of benzene rings is 2. The number of aliphatic hydroxyl groups is 1. The number of carbonyl (C=O) groups excluding carboxylic acids is 3. The molecule has 8 nitrogen and oxygen atoms in total. The van der Waals surface area contributed by atoms with Crippen LogP contribution < -0.4 is 4.90 Å². The Morgan fingerprint density at radius 3 is 2.68 bits per heavy atom. The molecule has 202 valence electrons. The van der Waals surface area contributed by atoms with Crippen molar-refractivity contribution in [1.82, 2.24) is 4.90 Å². The second-order valence-electron chi connectivity index (χ2n) is 10.8. The Balaban J connectivity index is 1.61. The van der Waals surface area contributed by atoms with E-state index in [4.69, 9.17) is 9.47 Å². The number of carbonyl (C=O) groups is 3. The topological polar surface area (TPSA) is 96.4 Å². The molecule has 6 atom stereocenters. The molecule has 3 heterocycles. The van der Waals surface area contributed by atoms with Crippen molar-refractivity contribution in [3.63, 3.8) is 0 Å². The number of rotatable bonds is 9. The summed E-state index contributed by atoms with van der Waals surface area (Å²) in [6.45, 7) is 9.98. The van der Waals surface area contributed by atoms with Crippen LogP contribution in [-0.2, 0) is 23.9 Å². The second kappa shape index (κ2) is 9.82. The number of fused-ring (bicyclic) bond motifs is 2. The van der Waals surface area contributed by atoms with E-state index in [1.54, 1.807) is 17.9 Å². The van der Waals surface area contributed by atoms with Crippen LogP contribution in [0.2, 0.25) is 0 Å². The van der Waals surface area contributed by atoms with Gasteiger partial charge in [-0.05, 0) is 55.5 Å². The highest BCUT2D eigenvalue weighted by Gasteiger charge is 2.80. The summed E-state index contributed by atoms with van der Waals surface area (Å²) in [6.07, 6.45) is 2.45. The lowest BCUT2D eigenvalue weighted by Gasteiger charge is -2.37. The molecule has 0 aliphatic carbocycles. The molecule has 2 amide bonds. The Hall–Kier alpha value is -3.23. The molecule has 2 aromatic carbocycles. The lowest BCUT2D eigenvalue weighted by Crippen LogP contribution is -2.57. The van der Waals surface area contributed by atoms with Crippen molar-refractivity contribution in [3.05, 3.63) is 55.1 Å². The van der Waals surface area contributed by atoms with Gasteiger partial charge in [0.15, 0.2) is 0 Å². The SMILES string of the molecule is C=CCN(C(=O)C1N(CCCO)C(=O)[C@@H]2[C@H](C(=O)OCC)[C@@]3(C)OC12CC3C)c1ccc2ccccc2c1. The molecule has 8 heteroatoms. The van der Waals surface area contributed by atoms with Gasteiger partial charge in [0.1, 0.15) is 17.6 Å². The van der Waals surface area contributed by atoms with Crippen LogP contribution in [0.3, 0.4) is 0 Å². The van der Waals surface area contributed by atoms with Crippen LogP contribution in [0.25, 0.3) is 10.8 Å². The molecular formula is C30H36N2O6. The van der Waals surface area contributed by atoms with Crippen LogP contribution in [0.15, 0.2) is 55.1 Å². The molecule has 3 saturated heterocycles. The van der Waals surface area contributed by atoms with Gasteiger partial charge in [0, 0.05) is 25.4 Å². The minimum atomic E-state index is -1.16. The van der Waals surface area contributed by atoms with E-state index in [9.17, 15) is 19.5 Å². The average Bonchev–Trinajstić information content (AvgIpc) is 3.42. The largest absolute Gasteiger partial charge is 0.466 e. The predicted molar refractivity (Wildman–Crippen MR) is 143 cm³/mol. The van der Waals surface area contributed by atoms with Crippen LogP contribution in [0.1, 0.15) is 33.6 Å². The Kier molecular flexibility index (Phi) is 6.82. The first kappa shape index (κ1) is 26.4. The maximum atomic E-state index is 14.6. The minimum Gasteiger partial charge on any atom is -0.466 e. The molecule has 38 heavy (non-hydrogen) atoms. The molecule has 0 radical (unpaired) electrons. The Morgan fingerprint density at radius 2 is 2.00 bits per heavy atom. The molecule has 0 aromatic heterocycles. The molecule has 0 saturated carbocycles. The first-order chi connectivity index (χ1) is 18.2. The van der Waals surface area contributed by atoms with E-state index in [2.05, 4.69) is 6.58 Å². The van der Waals surface area contributed by atoms with Gasteiger partial charge in [-0.15, -0.1) is 6.58 Å². The van der Waals surface area contributed by atoms with Crippen molar-refractivity contribution in [1.29, 1.82) is 0 Å². The summed E-state index contributed by atoms with van der Waals surface area (Å²) in [5.74, 6) is -2.73. The third kappa shape index (κ3) is 3.76. The second-order valence-corrected chi connectivity index (χ2v) is 10.8. The van der Waals surface area contributed by atoms with Gasteiger partial charge in [-0.25, -0.2) is 0 Å². The maximum Gasteiger partial charge on any atom is 0.312 e. The van der Waals surface area contributed by atoms with E-state index >= 15 is 0 Å². The third-order valence-electron chi connectivity index (χ3n) is 8.77. The van der Waals surface area contributed by atoms with Crippen molar-refractivity contribution < 1.29 is 29.0 Å². The van der Waals surface area contributed by atoms with Gasteiger partial charge in [-0.2, -0.15) is 0 Å². The van der Waals surface area contributed by atoms with E-state index < -0.39 is 35.0 Å². The number of hydrogen-bond donors (Lipinski definition) is 1. The van der Waals surface area contributed by atoms with Crippen molar-refractivity contribution in [2.45, 2.75) is 50.9 Å². The third-order valence-corrected chi connectivity index (χ3v) is 8.77. The van der Waals surface area contributed by atoms with Gasteiger partial charge < -0.3 is 24.4 Å². The molecule has 5 rings (SSSR count). The highest BCUT2D eigenvalue weighted by molar-refractivity contribution is 6.05. The van der Waals surface area contributed by atoms with Gasteiger partial charge in [-0.1, -0.05) is 43.3 Å². The molecule has 3 unspecified atom stereocenters. The van der Waals surface area contributed by atoms with E-state index in [1.807, 2.05) is 56.3 Å². The zero-order valence-corrected chi connectivity index (χ0v) is 22.3. The number of nitrogens with zero attached hydrogens (tertiary/aromatic N) is 2. The molecule has 2 aromatic rings. The summed E-state index contributed by atoms with van der Waals surface area (Å²) in [5, 5.41) is 11.6. The summed E-state index contributed by atoms with van der Waals surface area (Å²) < 4.78 is 12.1. The van der Waals surface area contributed by atoms with Crippen LogP contribution in [0.4, 0.5) is 5.69 Å². The summed E-state index contributed by atoms with van der Waals surface area (Å²) in [7, 11) is 0. The summed E-state index contributed by atoms with van der Waals surface area (Å²) in [4.78, 5) is 45.0. The number of ether oxygens (including phenoxy) is 2. The van der Waals surface area contributed by atoms with Crippen LogP contribution >= 0.6 is 0 Å². The van der Waals surface area contributed by atoms with Gasteiger partial charge in [0.05, 0.1) is 18.1 Å². The molecule has 1 N–H and O–H groups in total. The zero-order valence-electron chi connectivity index (χ0n) is 22.3. The molecule has 3 aliphatic heterocycles. The van der Waals surface area contributed by atoms with Gasteiger partial charge in [0.2, 0.25) is 5.91 Å². The molecule has 3 fully saturated rings. The van der Waals surface area contributed by atoms with Gasteiger partial charge in [0.25, 0.3) is 5.91 Å². The first-order valence-electron chi connectivity index (χ1n) is 13.4. The summed E-state index contributed by atoms with van der Waals surface area (Å²) >= 11 is 0. The van der Waals surface area contributed by atoms with Crippen LogP contribution in [-0.4, -0.2) is 71.3 Å². The molecule has 2 bridgehead atoms. The van der Waals surface area contributed by atoms with E-state index in [-0.39, 0.29) is 44.0 Å². The molecule has 1 spiro atoms. The Bertz CT molecular complexity index is 1280. The lowest BCUT2D eigenvalue weighted by molar-refractivity contribution is -0.161. The van der Waals surface area contributed by atoms with Crippen LogP contribution in [0, 0.1) is 17.8 Å². The summed E-state index contributed by atoms with van der Waals surface area (Å²) in [6, 6.07) is 12.8. The standard InChI is InChI=1S/C30H36N2O6/c1-5-14-31(22-13-12-20-10-7-8-11-21(20)17-22)27(35)25-30-18-19(3)29(4,38-30)24(28(36)37-6-2)23(30)26(34)32(25)15-9-16-33/h5,7-8,10-13,17,19,23-25,33H,1,6,9,14-16,18H2,2-4H3/t19?,23-,24+,25?,29-,30?/m0/s1. The van der Waals surface area contributed by atoms with Crippen LogP contribution in [0.5, 0.6) is 0 Å². The maximum absolute atomic E-state index is 14.6. The highest BCUT2D eigenvalue weighted by Crippen LogP contribution is 2.65. The summed E-state index contributed by atoms with van der Waals surface area (Å²) in [5.41, 5.74) is -1.39. The van der Waals surface area contributed by atoms with Crippen molar-refractivity contribution >= 4 is 34.2 Å². The Labute approximate surface area is 223 Å². The van der Waals surface area contributed by atoms with Crippen molar-refractivity contribution in [2.75, 3.05) is 31.2 Å². The number of hydrogen-bond acceptors (Lipinski definition) is 6. The van der Waals surface area contributed by atoms with E-state index in [0.29, 0.717) is 18.5 Å². The minimum absolute atomic E-state index is 0.0671. The highest BCUT2D eigenvalue weighted by atomic mass is 16.6. The normalized spacial score (nSPS) is 31.5. The number of esters is 1. The fraction of sp³-hybridized carbons (Fsp3) is 0.500. The van der Waals surface area contributed by atoms with Gasteiger partial charge >= 0.3 is 5.97 Å². The number of likely N-dealkylation sites (tertiary alicyclic amines) is 1. The van der Waals surface area contributed by atoms with Gasteiger partial charge in [-0.3, -0.25) is 14.4 Å². The lowest BCUT2D eigenvalue weighted by atomic mass is 9.62.